The van der Waals surface area contributed by atoms with Gasteiger partial charge in [0.2, 0.25) is 0 Å². The number of aliphatic carboxylic acids is 1. The highest BCUT2D eigenvalue weighted by atomic mass is 16.4. The molecule has 1 heterocycles. The van der Waals surface area contributed by atoms with Crippen LogP contribution < -0.4 is 5.32 Å². The maximum absolute atomic E-state index is 11.9. The Bertz CT molecular complexity index is 291. The maximum atomic E-state index is 11.9. The van der Waals surface area contributed by atoms with Crippen molar-refractivity contribution in [1.82, 2.24) is 10.2 Å². The molecule has 1 aliphatic heterocycles. The van der Waals surface area contributed by atoms with Crippen molar-refractivity contribution in [2.24, 2.45) is 0 Å². The van der Waals surface area contributed by atoms with Gasteiger partial charge in [0.1, 0.15) is 6.04 Å². The van der Waals surface area contributed by atoms with Crippen LogP contribution in [0.25, 0.3) is 0 Å². The minimum atomic E-state index is -1.07. The van der Waals surface area contributed by atoms with E-state index in [9.17, 15) is 14.7 Å². The molecule has 0 saturated carbocycles. The molecule has 0 aromatic rings. The van der Waals surface area contributed by atoms with E-state index in [0.717, 1.165) is 12.8 Å². The van der Waals surface area contributed by atoms with Gasteiger partial charge in [0.05, 0.1) is 6.10 Å². The number of nitrogens with zero attached hydrogens (tertiary/aromatic N) is 1. The number of β-amino-alcohol motifs (C(OH)–C–C–N with tert-alkyl or cyclic N) is 1. The summed E-state index contributed by atoms with van der Waals surface area (Å²) in [4.78, 5) is 24.0. The Morgan fingerprint density at radius 3 is 2.47 bits per heavy atom. The summed E-state index contributed by atoms with van der Waals surface area (Å²) >= 11 is 0. The monoisotopic (exact) mass is 244 g/mol. The van der Waals surface area contributed by atoms with Crippen LogP contribution in [-0.4, -0.2) is 51.8 Å². The zero-order valence-electron chi connectivity index (χ0n) is 10.2. The lowest BCUT2D eigenvalue weighted by atomic mass is 10.2. The predicted octanol–water partition coefficient (Wildman–Crippen LogP) is 0.404. The van der Waals surface area contributed by atoms with Gasteiger partial charge in [-0.1, -0.05) is 13.8 Å². The van der Waals surface area contributed by atoms with Gasteiger partial charge in [-0.05, 0) is 12.8 Å². The lowest BCUT2D eigenvalue weighted by molar-refractivity contribution is -0.141. The summed E-state index contributed by atoms with van der Waals surface area (Å²) in [5.41, 5.74) is 0. The van der Waals surface area contributed by atoms with E-state index in [4.69, 9.17) is 5.11 Å². The normalized spacial score (nSPS) is 24.1. The number of nitrogens with one attached hydrogen (secondary N) is 1. The number of hydrogen-bond donors (Lipinski definition) is 3. The molecule has 98 valence electrons. The molecule has 0 aliphatic carbocycles. The van der Waals surface area contributed by atoms with Crippen LogP contribution in [0.1, 0.15) is 33.1 Å². The van der Waals surface area contributed by atoms with Crippen LogP contribution >= 0.6 is 0 Å². The first-order valence-electron chi connectivity index (χ1n) is 5.97. The second-order valence-corrected chi connectivity index (χ2v) is 4.36. The van der Waals surface area contributed by atoms with E-state index in [1.165, 1.54) is 4.90 Å². The molecule has 1 aliphatic rings. The molecule has 6 heteroatoms. The quantitative estimate of drug-likeness (QED) is 0.668. The number of aliphatic hydroxyl groups excluding tert-OH is 1. The molecular formula is C11H20N2O4. The third kappa shape index (κ3) is 3.33. The molecule has 0 radical (unpaired) electrons. The smallest absolute Gasteiger partial charge is 0.326 e. The Labute approximate surface area is 101 Å². The summed E-state index contributed by atoms with van der Waals surface area (Å²) in [7, 11) is 0. The number of rotatable bonds is 4. The molecule has 17 heavy (non-hydrogen) atoms. The highest BCUT2D eigenvalue weighted by molar-refractivity contribution is 5.83. The first kappa shape index (κ1) is 13.8. The van der Waals surface area contributed by atoms with Crippen LogP contribution in [0.5, 0.6) is 0 Å². The molecule has 2 amide bonds. The molecule has 0 spiro atoms. The van der Waals surface area contributed by atoms with Crippen molar-refractivity contribution in [3.8, 4) is 0 Å². The summed E-state index contributed by atoms with van der Waals surface area (Å²) in [6.45, 7) is 4.01. The Hall–Kier alpha value is -1.30. The summed E-state index contributed by atoms with van der Waals surface area (Å²) in [6.07, 6.45) is 0.960. The molecule has 2 atom stereocenters. The largest absolute Gasteiger partial charge is 0.480 e. The molecule has 1 rings (SSSR count). The molecular weight excluding hydrogens is 224 g/mol. The van der Waals surface area contributed by atoms with Crippen LogP contribution in [0.4, 0.5) is 4.79 Å². The van der Waals surface area contributed by atoms with Crippen molar-refractivity contribution in [3.05, 3.63) is 0 Å². The number of aliphatic hydroxyl groups is 1. The van der Waals surface area contributed by atoms with Gasteiger partial charge < -0.3 is 20.4 Å². The SMILES string of the molecule is CCC(CC)NC(=O)N1C[C@@H](O)C[C@H]1C(=O)O. The second kappa shape index (κ2) is 5.86. The topological polar surface area (TPSA) is 89.9 Å². The Morgan fingerprint density at radius 2 is 2.00 bits per heavy atom. The molecule has 3 N–H and O–H groups in total. The van der Waals surface area contributed by atoms with Gasteiger partial charge >= 0.3 is 12.0 Å². The van der Waals surface area contributed by atoms with Gasteiger partial charge in [0.15, 0.2) is 0 Å². The fourth-order valence-electron chi connectivity index (χ4n) is 2.02. The first-order chi connectivity index (χ1) is 7.99. The zero-order chi connectivity index (χ0) is 13.0. The van der Waals surface area contributed by atoms with Gasteiger partial charge in [-0.2, -0.15) is 0 Å². The van der Waals surface area contributed by atoms with E-state index in [0.29, 0.717) is 0 Å². The van der Waals surface area contributed by atoms with Gasteiger partial charge in [0.25, 0.3) is 0 Å². The van der Waals surface area contributed by atoms with Crippen molar-refractivity contribution in [3.63, 3.8) is 0 Å². The van der Waals surface area contributed by atoms with E-state index >= 15 is 0 Å². The molecule has 1 fully saturated rings. The van der Waals surface area contributed by atoms with Gasteiger partial charge in [-0.25, -0.2) is 9.59 Å². The minimum absolute atomic E-state index is 0.0506. The van der Waals surface area contributed by atoms with E-state index in [1.54, 1.807) is 0 Å². The minimum Gasteiger partial charge on any atom is -0.480 e. The summed E-state index contributed by atoms with van der Waals surface area (Å²) in [5, 5.41) is 21.2. The highest BCUT2D eigenvalue weighted by Crippen LogP contribution is 2.18. The van der Waals surface area contributed by atoms with Crippen molar-refractivity contribution in [2.45, 2.75) is 51.3 Å². The summed E-state index contributed by atoms with van der Waals surface area (Å²) < 4.78 is 0. The predicted molar refractivity (Wildman–Crippen MR) is 61.7 cm³/mol. The number of carboxylic acid groups (broad SMARTS) is 1. The van der Waals surface area contributed by atoms with Gasteiger partial charge in [-0.3, -0.25) is 0 Å². The fourth-order valence-corrected chi connectivity index (χ4v) is 2.02. The van der Waals surface area contributed by atoms with E-state index < -0.39 is 24.1 Å². The van der Waals surface area contributed by atoms with Gasteiger partial charge in [-0.15, -0.1) is 0 Å². The average Bonchev–Trinajstić information content (AvgIpc) is 2.68. The lowest BCUT2D eigenvalue weighted by Crippen LogP contribution is -2.49. The Balaban J connectivity index is 2.64. The number of urea groups is 1. The summed E-state index contributed by atoms with van der Waals surface area (Å²) in [5.74, 6) is -1.07. The highest BCUT2D eigenvalue weighted by Gasteiger charge is 2.39. The molecule has 0 aromatic carbocycles. The molecule has 0 unspecified atom stereocenters. The van der Waals surface area contributed by atoms with E-state index in [1.807, 2.05) is 13.8 Å². The standard InChI is InChI=1S/C11H20N2O4/c1-3-7(4-2)12-11(17)13-6-8(14)5-9(13)10(15)16/h7-9,14H,3-6H2,1-2H3,(H,12,17)(H,15,16)/t8-,9-/m0/s1. The van der Waals surface area contributed by atoms with Crippen molar-refractivity contribution in [1.29, 1.82) is 0 Å². The molecule has 1 saturated heterocycles. The number of carboxylic acids is 1. The number of carbonyl (C=O) groups is 2. The Morgan fingerprint density at radius 1 is 1.41 bits per heavy atom. The number of hydrogen-bond acceptors (Lipinski definition) is 3. The fraction of sp³-hybridized carbons (Fsp3) is 0.818. The average molecular weight is 244 g/mol. The molecule has 0 bridgehead atoms. The third-order valence-corrected chi connectivity index (χ3v) is 3.14. The van der Waals surface area contributed by atoms with Gasteiger partial charge in [0, 0.05) is 19.0 Å². The maximum Gasteiger partial charge on any atom is 0.326 e. The summed E-state index contributed by atoms with van der Waals surface area (Å²) in [6, 6.07) is -1.27. The van der Waals surface area contributed by atoms with Crippen LogP contribution in [0.15, 0.2) is 0 Å². The lowest BCUT2D eigenvalue weighted by Gasteiger charge is -2.24. The van der Waals surface area contributed by atoms with Crippen LogP contribution in [0.2, 0.25) is 0 Å². The number of likely N-dealkylation sites (tertiary alicyclic amines) is 1. The van der Waals surface area contributed by atoms with Crippen LogP contribution in [0.3, 0.4) is 0 Å². The molecule has 0 aromatic heterocycles. The Kier molecular flexibility index (Phi) is 4.74. The molecule has 6 nitrogen and oxygen atoms in total. The van der Waals surface area contributed by atoms with Crippen molar-refractivity contribution < 1.29 is 19.8 Å². The third-order valence-electron chi connectivity index (χ3n) is 3.14. The van der Waals surface area contributed by atoms with E-state index in [2.05, 4.69) is 5.32 Å². The number of amides is 2. The van der Waals surface area contributed by atoms with Crippen LogP contribution in [-0.2, 0) is 4.79 Å². The van der Waals surface area contributed by atoms with Crippen LogP contribution in [0, 0.1) is 0 Å². The second-order valence-electron chi connectivity index (χ2n) is 4.36. The van der Waals surface area contributed by atoms with E-state index in [-0.39, 0.29) is 19.0 Å². The zero-order valence-corrected chi connectivity index (χ0v) is 10.2. The number of carbonyl (C=O) groups excluding carboxylic acids is 1. The first-order valence-corrected chi connectivity index (χ1v) is 5.97. The van der Waals surface area contributed by atoms with Crippen molar-refractivity contribution in [2.75, 3.05) is 6.54 Å². The van der Waals surface area contributed by atoms with Crippen molar-refractivity contribution >= 4 is 12.0 Å².